The molecule has 0 aliphatic rings. The number of hydrogen-bond acceptors (Lipinski definition) is 7. The molecule has 0 spiro atoms. The second kappa shape index (κ2) is 6.21. The van der Waals surface area contributed by atoms with E-state index in [4.69, 9.17) is 4.74 Å². The fraction of sp³-hybridized carbons (Fsp3) is 0.538. The van der Waals surface area contributed by atoms with E-state index in [1.54, 1.807) is 6.92 Å². The monoisotopic (exact) mass is 309 g/mol. The van der Waals surface area contributed by atoms with E-state index >= 15 is 0 Å². The minimum Gasteiger partial charge on any atom is -0.465 e. The summed E-state index contributed by atoms with van der Waals surface area (Å²) in [6, 6.07) is 0. The standard InChI is InChI=1S/C13H19N5O2S/c1-5-20-11(19)13(2,3)9-7-21-12(16-9)18(4)6-10-14-8-15-17-10/h7-8H,5-6H2,1-4H3,(H,14,15,17). The number of nitrogens with zero attached hydrogens (tertiary/aromatic N) is 4. The van der Waals surface area contributed by atoms with Crippen LogP contribution in [0.15, 0.2) is 11.7 Å². The van der Waals surface area contributed by atoms with Crippen LogP contribution in [0.1, 0.15) is 32.3 Å². The SMILES string of the molecule is CCOC(=O)C(C)(C)c1csc(N(C)Cc2ncn[nH]2)n1. The zero-order chi connectivity index (χ0) is 15.5. The second-order valence-corrected chi connectivity index (χ2v) is 5.99. The number of esters is 1. The van der Waals surface area contributed by atoms with Gasteiger partial charge < -0.3 is 9.64 Å². The molecule has 2 aromatic rings. The lowest BCUT2D eigenvalue weighted by Crippen LogP contribution is -2.31. The Kier molecular flexibility index (Phi) is 4.56. The molecule has 0 radical (unpaired) electrons. The van der Waals surface area contributed by atoms with Crippen LogP contribution >= 0.6 is 11.3 Å². The molecule has 8 heteroatoms. The molecule has 0 saturated heterocycles. The van der Waals surface area contributed by atoms with E-state index in [2.05, 4.69) is 20.2 Å². The van der Waals surface area contributed by atoms with Crippen molar-refractivity contribution in [2.24, 2.45) is 0 Å². The molecule has 0 bridgehead atoms. The van der Waals surface area contributed by atoms with Crippen molar-refractivity contribution >= 4 is 22.4 Å². The molecule has 0 aromatic carbocycles. The molecule has 0 aliphatic heterocycles. The first-order chi connectivity index (χ1) is 9.95. The van der Waals surface area contributed by atoms with Gasteiger partial charge in [-0.25, -0.2) is 9.97 Å². The summed E-state index contributed by atoms with van der Waals surface area (Å²) >= 11 is 1.49. The number of anilines is 1. The van der Waals surface area contributed by atoms with Crippen LogP contribution in [0.3, 0.4) is 0 Å². The van der Waals surface area contributed by atoms with Gasteiger partial charge in [0, 0.05) is 12.4 Å². The fourth-order valence-electron chi connectivity index (χ4n) is 1.74. The molecule has 2 rings (SSSR count). The third kappa shape index (κ3) is 3.38. The van der Waals surface area contributed by atoms with Gasteiger partial charge in [-0.3, -0.25) is 9.89 Å². The highest BCUT2D eigenvalue weighted by atomic mass is 32.1. The van der Waals surface area contributed by atoms with Crippen molar-refractivity contribution in [1.82, 2.24) is 20.2 Å². The van der Waals surface area contributed by atoms with E-state index in [0.717, 1.165) is 11.0 Å². The molecule has 0 saturated carbocycles. The van der Waals surface area contributed by atoms with E-state index in [-0.39, 0.29) is 5.97 Å². The van der Waals surface area contributed by atoms with Crippen molar-refractivity contribution in [3.8, 4) is 0 Å². The minimum absolute atomic E-state index is 0.264. The number of H-pyrrole nitrogens is 1. The molecule has 0 atom stereocenters. The van der Waals surface area contributed by atoms with Crippen molar-refractivity contribution in [2.45, 2.75) is 32.7 Å². The number of carbonyl (C=O) groups excluding carboxylic acids is 1. The maximum Gasteiger partial charge on any atom is 0.317 e. The van der Waals surface area contributed by atoms with Crippen molar-refractivity contribution < 1.29 is 9.53 Å². The lowest BCUT2D eigenvalue weighted by molar-refractivity contribution is -0.148. The molecule has 114 valence electrons. The van der Waals surface area contributed by atoms with Crippen LogP contribution in [0.2, 0.25) is 0 Å². The Morgan fingerprint density at radius 2 is 2.29 bits per heavy atom. The number of aromatic nitrogens is 4. The van der Waals surface area contributed by atoms with Crippen molar-refractivity contribution in [1.29, 1.82) is 0 Å². The summed E-state index contributed by atoms with van der Waals surface area (Å²) in [6.45, 7) is 6.38. The van der Waals surface area contributed by atoms with Gasteiger partial charge in [-0.05, 0) is 20.8 Å². The highest BCUT2D eigenvalue weighted by molar-refractivity contribution is 7.13. The number of thiazole rings is 1. The average Bonchev–Trinajstić information content (AvgIpc) is 3.09. The Balaban J connectivity index is 2.11. The molecule has 0 unspecified atom stereocenters. The Labute approximate surface area is 127 Å². The number of nitrogens with one attached hydrogen (secondary N) is 1. The molecule has 2 heterocycles. The van der Waals surface area contributed by atoms with E-state index in [1.807, 2.05) is 31.2 Å². The van der Waals surface area contributed by atoms with Crippen LogP contribution in [-0.2, 0) is 21.5 Å². The number of carbonyl (C=O) groups is 1. The Morgan fingerprint density at radius 1 is 1.52 bits per heavy atom. The summed E-state index contributed by atoms with van der Waals surface area (Å²) in [5.74, 6) is 0.499. The van der Waals surface area contributed by atoms with Gasteiger partial charge >= 0.3 is 5.97 Å². The zero-order valence-corrected chi connectivity index (χ0v) is 13.4. The van der Waals surface area contributed by atoms with Crippen LogP contribution < -0.4 is 4.90 Å². The first-order valence-electron chi connectivity index (χ1n) is 6.63. The first kappa shape index (κ1) is 15.4. The molecular weight excluding hydrogens is 290 g/mol. The smallest absolute Gasteiger partial charge is 0.317 e. The lowest BCUT2D eigenvalue weighted by atomic mass is 9.90. The van der Waals surface area contributed by atoms with Crippen LogP contribution in [0.4, 0.5) is 5.13 Å². The summed E-state index contributed by atoms with van der Waals surface area (Å²) in [4.78, 5) is 22.6. The summed E-state index contributed by atoms with van der Waals surface area (Å²) in [5, 5.41) is 9.34. The molecule has 21 heavy (non-hydrogen) atoms. The normalized spacial score (nSPS) is 11.4. The van der Waals surface area contributed by atoms with Gasteiger partial charge in [-0.2, -0.15) is 5.10 Å². The number of hydrogen-bond donors (Lipinski definition) is 1. The van der Waals surface area contributed by atoms with Gasteiger partial charge in [-0.15, -0.1) is 11.3 Å². The molecule has 1 N–H and O–H groups in total. The summed E-state index contributed by atoms with van der Waals surface area (Å²) in [6.07, 6.45) is 1.47. The Bertz CT molecular complexity index is 593. The molecule has 2 aromatic heterocycles. The third-order valence-electron chi connectivity index (χ3n) is 3.10. The Morgan fingerprint density at radius 3 is 2.90 bits per heavy atom. The average molecular weight is 309 g/mol. The van der Waals surface area contributed by atoms with Gasteiger partial charge in [0.05, 0.1) is 18.8 Å². The maximum atomic E-state index is 12.0. The predicted molar refractivity (Wildman–Crippen MR) is 80.3 cm³/mol. The quantitative estimate of drug-likeness (QED) is 0.818. The van der Waals surface area contributed by atoms with Crippen molar-refractivity contribution in [2.75, 3.05) is 18.6 Å². The molecule has 7 nitrogen and oxygen atoms in total. The second-order valence-electron chi connectivity index (χ2n) is 5.15. The van der Waals surface area contributed by atoms with Crippen LogP contribution in [0.25, 0.3) is 0 Å². The van der Waals surface area contributed by atoms with Gasteiger partial charge in [0.1, 0.15) is 17.6 Å². The zero-order valence-electron chi connectivity index (χ0n) is 12.6. The third-order valence-corrected chi connectivity index (χ3v) is 4.05. The fourth-order valence-corrected chi connectivity index (χ4v) is 2.70. The molecular formula is C13H19N5O2S. The minimum atomic E-state index is -0.752. The Hall–Kier alpha value is -1.96. The van der Waals surface area contributed by atoms with Gasteiger partial charge in [0.15, 0.2) is 5.13 Å². The topological polar surface area (TPSA) is 84.0 Å². The summed E-state index contributed by atoms with van der Waals surface area (Å²) in [7, 11) is 1.92. The van der Waals surface area contributed by atoms with Gasteiger partial charge in [-0.1, -0.05) is 0 Å². The van der Waals surface area contributed by atoms with E-state index < -0.39 is 5.41 Å². The van der Waals surface area contributed by atoms with E-state index in [1.165, 1.54) is 17.7 Å². The summed E-state index contributed by atoms with van der Waals surface area (Å²) in [5.41, 5.74) is -0.0388. The highest BCUT2D eigenvalue weighted by Gasteiger charge is 2.34. The number of rotatable bonds is 6. The first-order valence-corrected chi connectivity index (χ1v) is 7.51. The number of aromatic amines is 1. The van der Waals surface area contributed by atoms with Crippen LogP contribution in [-0.4, -0.2) is 39.8 Å². The van der Waals surface area contributed by atoms with E-state index in [9.17, 15) is 4.79 Å². The van der Waals surface area contributed by atoms with Crippen LogP contribution in [0, 0.1) is 0 Å². The van der Waals surface area contributed by atoms with Crippen molar-refractivity contribution in [3.05, 3.63) is 23.2 Å². The van der Waals surface area contributed by atoms with Crippen molar-refractivity contribution in [3.63, 3.8) is 0 Å². The largest absolute Gasteiger partial charge is 0.465 e. The molecule has 0 fully saturated rings. The molecule has 0 aliphatic carbocycles. The van der Waals surface area contributed by atoms with Gasteiger partial charge in [0.25, 0.3) is 0 Å². The van der Waals surface area contributed by atoms with Crippen LogP contribution in [0.5, 0.6) is 0 Å². The lowest BCUT2D eigenvalue weighted by Gasteiger charge is -2.20. The van der Waals surface area contributed by atoms with Gasteiger partial charge in [0.2, 0.25) is 0 Å². The van der Waals surface area contributed by atoms with E-state index in [0.29, 0.717) is 18.8 Å². The maximum absolute atomic E-state index is 12.0. The summed E-state index contributed by atoms with van der Waals surface area (Å²) < 4.78 is 5.10. The predicted octanol–water partition coefficient (Wildman–Crippen LogP) is 1.74. The highest BCUT2D eigenvalue weighted by Crippen LogP contribution is 2.30. The number of ether oxygens (including phenoxy) is 1. The molecule has 0 amide bonds.